The molecular formula is C16H19FN2O. The number of aromatic nitrogens is 1. The van der Waals surface area contributed by atoms with Crippen molar-refractivity contribution < 1.29 is 9.13 Å². The molecular weight excluding hydrogens is 255 g/mol. The summed E-state index contributed by atoms with van der Waals surface area (Å²) in [7, 11) is 0. The second-order valence-electron chi connectivity index (χ2n) is 4.54. The molecule has 0 saturated carbocycles. The third-order valence-corrected chi connectivity index (χ3v) is 2.78. The lowest BCUT2D eigenvalue weighted by atomic mass is 10.3. The number of pyridine rings is 1. The Morgan fingerprint density at radius 1 is 1.15 bits per heavy atom. The predicted octanol–water partition coefficient (Wildman–Crippen LogP) is 3.30. The summed E-state index contributed by atoms with van der Waals surface area (Å²) in [5, 5.41) is 3.31. The van der Waals surface area contributed by atoms with Crippen LogP contribution in [0.1, 0.15) is 24.7 Å². The SMILES string of the molecule is CCCNCc1cccc(COc2cccc(F)c2)n1. The van der Waals surface area contributed by atoms with Gasteiger partial charge in [0.25, 0.3) is 0 Å². The maximum atomic E-state index is 13.0. The van der Waals surface area contributed by atoms with Crippen molar-refractivity contribution in [1.29, 1.82) is 0 Å². The first-order valence-corrected chi connectivity index (χ1v) is 6.82. The van der Waals surface area contributed by atoms with E-state index in [0.717, 1.165) is 30.9 Å². The molecule has 0 amide bonds. The summed E-state index contributed by atoms with van der Waals surface area (Å²) in [5.41, 5.74) is 1.82. The lowest BCUT2D eigenvalue weighted by Gasteiger charge is -2.08. The number of nitrogens with one attached hydrogen (secondary N) is 1. The molecule has 1 heterocycles. The van der Waals surface area contributed by atoms with E-state index in [1.165, 1.54) is 12.1 Å². The monoisotopic (exact) mass is 274 g/mol. The predicted molar refractivity (Wildman–Crippen MR) is 77.0 cm³/mol. The zero-order valence-corrected chi connectivity index (χ0v) is 11.6. The van der Waals surface area contributed by atoms with Gasteiger partial charge in [0.2, 0.25) is 0 Å². The Balaban J connectivity index is 1.91. The van der Waals surface area contributed by atoms with Crippen molar-refractivity contribution >= 4 is 0 Å². The Kier molecular flexibility index (Phi) is 5.50. The largest absolute Gasteiger partial charge is 0.487 e. The molecule has 3 nitrogen and oxygen atoms in total. The normalized spacial score (nSPS) is 10.5. The molecule has 0 bridgehead atoms. The molecule has 0 aliphatic heterocycles. The second-order valence-corrected chi connectivity index (χ2v) is 4.54. The molecule has 1 N–H and O–H groups in total. The first-order chi connectivity index (χ1) is 9.78. The average molecular weight is 274 g/mol. The van der Waals surface area contributed by atoms with Gasteiger partial charge in [-0.05, 0) is 37.2 Å². The van der Waals surface area contributed by atoms with Gasteiger partial charge in [0.15, 0.2) is 0 Å². The molecule has 2 aromatic rings. The van der Waals surface area contributed by atoms with E-state index in [4.69, 9.17) is 4.74 Å². The smallest absolute Gasteiger partial charge is 0.130 e. The molecule has 0 spiro atoms. The van der Waals surface area contributed by atoms with Gasteiger partial charge in [0.1, 0.15) is 18.2 Å². The van der Waals surface area contributed by atoms with Gasteiger partial charge in [-0.15, -0.1) is 0 Å². The van der Waals surface area contributed by atoms with E-state index in [2.05, 4.69) is 17.2 Å². The van der Waals surface area contributed by atoms with Gasteiger partial charge in [0.05, 0.1) is 11.4 Å². The second kappa shape index (κ2) is 7.60. The van der Waals surface area contributed by atoms with Crippen LogP contribution in [-0.4, -0.2) is 11.5 Å². The molecule has 0 fully saturated rings. The van der Waals surface area contributed by atoms with Crippen LogP contribution < -0.4 is 10.1 Å². The maximum absolute atomic E-state index is 13.0. The Bertz CT molecular complexity index is 546. The molecule has 20 heavy (non-hydrogen) atoms. The molecule has 0 aliphatic rings. The highest BCUT2D eigenvalue weighted by Crippen LogP contribution is 2.13. The molecule has 0 radical (unpaired) electrons. The van der Waals surface area contributed by atoms with E-state index >= 15 is 0 Å². The van der Waals surface area contributed by atoms with Crippen molar-refractivity contribution in [3.8, 4) is 5.75 Å². The summed E-state index contributed by atoms with van der Waals surface area (Å²) in [6, 6.07) is 12.0. The van der Waals surface area contributed by atoms with Crippen LogP contribution >= 0.6 is 0 Å². The molecule has 0 atom stereocenters. The fraction of sp³-hybridized carbons (Fsp3) is 0.312. The number of hydrogen-bond donors (Lipinski definition) is 1. The Hall–Kier alpha value is -1.94. The first kappa shape index (κ1) is 14.5. The van der Waals surface area contributed by atoms with Crippen molar-refractivity contribution in [3.63, 3.8) is 0 Å². The number of rotatable bonds is 7. The summed E-state index contributed by atoms with van der Waals surface area (Å²) in [4.78, 5) is 4.50. The lowest BCUT2D eigenvalue weighted by Crippen LogP contribution is -2.15. The molecule has 106 valence electrons. The van der Waals surface area contributed by atoms with Crippen LogP contribution in [-0.2, 0) is 13.2 Å². The highest BCUT2D eigenvalue weighted by atomic mass is 19.1. The zero-order valence-electron chi connectivity index (χ0n) is 11.6. The number of halogens is 1. The molecule has 2 rings (SSSR count). The minimum Gasteiger partial charge on any atom is -0.487 e. The van der Waals surface area contributed by atoms with Gasteiger partial charge in [-0.3, -0.25) is 4.98 Å². The molecule has 1 aromatic carbocycles. The van der Waals surface area contributed by atoms with Crippen molar-refractivity contribution in [1.82, 2.24) is 10.3 Å². The molecule has 0 saturated heterocycles. The van der Waals surface area contributed by atoms with Crippen molar-refractivity contribution in [2.24, 2.45) is 0 Å². The van der Waals surface area contributed by atoms with E-state index in [1.807, 2.05) is 18.2 Å². The van der Waals surface area contributed by atoms with E-state index in [-0.39, 0.29) is 5.82 Å². The van der Waals surface area contributed by atoms with Crippen LogP contribution in [0, 0.1) is 5.82 Å². The Morgan fingerprint density at radius 2 is 1.95 bits per heavy atom. The topological polar surface area (TPSA) is 34.1 Å². The van der Waals surface area contributed by atoms with Crippen LogP contribution in [0.4, 0.5) is 4.39 Å². The van der Waals surface area contributed by atoms with Crippen molar-refractivity contribution in [2.75, 3.05) is 6.54 Å². The minimum absolute atomic E-state index is 0.298. The van der Waals surface area contributed by atoms with Gasteiger partial charge < -0.3 is 10.1 Å². The van der Waals surface area contributed by atoms with Crippen LogP contribution in [0.25, 0.3) is 0 Å². The van der Waals surface area contributed by atoms with Crippen molar-refractivity contribution in [2.45, 2.75) is 26.5 Å². The van der Waals surface area contributed by atoms with E-state index in [0.29, 0.717) is 12.4 Å². The van der Waals surface area contributed by atoms with Crippen LogP contribution in [0.2, 0.25) is 0 Å². The van der Waals surface area contributed by atoms with Gasteiger partial charge in [-0.2, -0.15) is 0 Å². The number of benzene rings is 1. The third-order valence-electron chi connectivity index (χ3n) is 2.78. The van der Waals surface area contributed by atoms with Gasteiger partial charge >= 0.3 is 0 Å². The van der Waals surface area contributed by atoms with Crippen LogP contribution in [0.5, 0.6) is 5.75 Å². The summed E-state index contributed by atoms with van der Waals surface area (Å²) in [5.74, 6) is 0.217. The minimum atomic E-state index is -0.298. The number of ether oxygens (including phenoxy) is 1. The Morgan fingerprint density at radius 3 is 2.75 bits per heavy atom. The maximum Gasteiger partial charge on any atom is 0.130 e. The summed E-state index contributed by atoms with van der Waals surface area (Å²) in [6.45, 7) is 4.20. The van der Waals surface area contributed by atoms with Gasteiger partial charge in [-0.25, -0.2) is 4.39 Å². The first-order valence-electron chi connectivity index (χ1n) is 6.82. The highest BCUT2D eigenvalue weighted by Gasteiger charge is 2.00. The zero-order chi connectivity index (χ0) is 14.2. The summed E-state index contributed by atoms with van der Waals surface area (Å²) < 4.78 is 18.6. The lowest BCUT2D eigenvalue weighted by molar-refractivity contribution is 0.299. The van der Waals surface area contributed by atoms with Gasteiger partial charge in [-0.1, -0.05) is 19.1 Å². The fourth-order valence-electron chi connectivity index (χ4n) is 1.82. The standard InChI is InChI=1S/C16H19FN2O/c1-2-9-18-11-14-6-4-7-15(19-14)12-20-16-8-3-5-13(17)10-16/h3-8,10,18H,2,9,11-12H2,1H3. The van der Waals surface area contributed by atoms with Crippen LogP contribution in [0.3, 0.4) is 0 Å². The van der Waals surface area contributed by atoms with E-state index in [1.54, 1.807) is 12.1 Å². The molecule has 0 unspecified atom stereocenters. The Labute approximate surface area is 118 Å². The highest BCUT2D eigenvalue weighted by molar-refractivity contribution is 5.22. The van der Waals surface area contributed by atoms with Crippen LogP contribution in [0.15, 0.2) is 42.5 Å². The molecule has 0 aliphatic carbocycles. The summed E-state index contributed by atoms with van der Waals surface area (Å²) >= 11 is 0. The quantitative estimate of drug-likeness (QED) is 0.787. The fourth-order valence-corrected chi connectivity index (χ4v) is 1.82. The third kappa shape index (κ3) is 4.63. The summed E-state index contributed by atoms with van der Waals surface area (Å²) in [6.07, 6.45) is 1.10. The van der Waals surface area contributed by atoms with E-state index in [9.17, 15) is 4.39 Å². The van der Waals surface area contributed by atoms with Gasteiger partial charge in [0, 0.05) is 12.6 Å². The molecule has 1 aromatic heterocycles. The van der Waals surface area contributed by atoms with E-state index < -0.39 is 0 Å². The number of nitrogens with zero attached hydrogens (tertiary/aromatic N) is 1. The number of hydrogen-bond acceptors (Lipinski definition) is 3. The van der Waals surface area contributed by atoms with Crippen molar-refractivity contribution in [3.05, 3.63) is 59.7 Å². The molecule has 4 heteroatoms. The average Bonchev–Trinajstić information content (AvgIpc) is 2.46.